The molecule has 0 radical (unpaired) electrons. The Bertz CT molecular complexity index is 1220. The van der Waals surface area contributed by atoms with Gasteiger partial charge in [-0.1, -0.05) is 30.6 Å². The highest BCUT2D eigenvalue weighted by Gasteiger charge is 2.29. The monoisotopic (exact) mass is 504 g/mol. The zero-order chi connectivity index (χ0) is 25.9. The van der Waals surface area contributed by atoms with E-state index in [0.717, 1.165) is 12.1 Å². The van der Waals surface area contributed by atoms with Crippen molar-refractivity contribution in [1.29, 1.82) is 0 Å². The van der Waals surface area contributed by atoms with Gasteiger partial charge >= 0.3 is 0 Å². The van der Waals surface area contributed by atoms with Gasteiger partial charge in [0, 0.05) is 35.4 Å². The summed E-state index contributed by atoms with van der Waals surface area (Å²) in [5.74, 6) is -2.29. The van der Waals surface area contributed by atoms with E-state index in [2.05, 4.69) is 10.5 Å². The van der Waals surface area contributed by atoms with Gasteiger partial charge < -0.3 is 20.5 Å². The fourth-order valence-corrected chi connectivity index (χ4v) is 3.77. The predicted molar refractivity (Wildman–Crippen MR) is 129 cm³/mol. The van der Waals surface area contributed by atoms with Crippen LogP contribution in [0.3, 0.4) is 0 Å². The molecule has 7 nitrogen and oxygen atoms in total. The molecule has 35 heavy (non-hydrogen) atoms. The van der Waals surface area contributed by atoms with Gasteiger partial charge in [-0.2, -0.15) is 0 Å². The van der Waals surface area contributed by atoms with E-state index in [1.165, 1.54) is 0 Å². The highest BCUT2D eigenvalue weighted by Crippen LogP contribution is 2.27. The Labute approximate surface area is 207 Å². The molecule has 10 heteroatoms. The SMILES string of the molecule is Cc1noc(C)c1C(=O)N(Cc1cc(NC(=O)c2cc(F)cc(F)c2)ccc1Cl)CC(C)(C)CN. The molecular formula is C25H27ClF2N4O3. The van der Waals surface area contributed by atoms with Crippen LogP contribution in [0.5, 0.6) is 0 Å². The molecule has 0 atom stereocenters. The second-order valence-corrected chi connectivity index (χ2v) is 9.55. The minimum atomic E-state index is -0.858. The Balaban J connectivity index is 1.90. The number of rotatable bonds is 8. The van der Waals surface area contributed by atoms with E-state index < -0.39 is 23.0 Å². The number of hydrogen-bond acceptors (Lipinski definition) is 5. The van der Waals surface area contributed by atoms with Crippen LogP contribution in [0.15, 0.2) is 40.9 Å². The molecular weight excluding hydrogens is 478 g/mol. The third-order valence-corrected chi connectivity index (χ3v) is 5.86. The van der Waals surface area contributed by atoms with Crippen molar-refractivity contribution in [3.63, 3.8) is 0 Å². The van der Waals surface area contributed by atoms with Crippen molar-refractivity contribution in [1.82, 2.24) is 10.1 Å². The molecule has 0 saturated carbocycles. The highest BCUT2D eigenvalue weighted by molar-refractivity contribution is 6.31. The van der Waals surface area contributed by atoms with Crippen LogP contribution in [0.2, 0.25) is 5.02 Å². The van der Waals surface area contributed by atoms with Gasteiger partial charge in [0.05, 0.1) is 5.69 Å². The van der Waals surface area contributed by atoms with E-state index >= 15 is 0 Å². The molecule has 1 heterocycles. The first-order valence-corrected chi connectivity index (χ1v) is 11.3. The number of carbonyl (C=O) groups is 2. The topological polar surface area (TPSA) is 101 Å². The van der Waals surface area contributed by atoms with E-state index in [4.69, 9.17) is 21.9 Å². The summed E-state index contributed by atoms with van der Waals surface area (Å²) in [5, 5.41) is 6.86. The van der Waals surface area contributed by atoms with Crippen molar-refractivity contribution >= 4 is 29.1 Å². The number of carbonyl (C=O) groups excluding carboxylic acids is 2. The Morgan fingerprint density at radius 2 is 1.80 bits per heavy atom. The maximum Gasteiger partial charge on any atom is 0.259 e. The van der Waals surface area contributed by atoms with Gasteiger partial charge in [0.2, 0.25) is 0 Å². The third-order valence-electron chi connectivity index (χ3n) is 5.50. The number of nitrogens with two attached hydrogens (primary N) is 1. The highest BCUT2D eigenvalue weighted by atomic mass is 35.5. The summed E-state index contributed by atoms with van der Waals surface area (Å²) in [7, 11) is 0. The van der Waals surface area contributed by atoms with Crippen molar-refractivity contribution in [3.05, 3.63) is 81.2 Å². The molecule has 1 aromatic heterocycles. The quantitative estimate of drug-likeness (QED) is 0.444. The maximum atomic E-state index is 13.5. The van der Waals surface area contributed by atoms with Crippen LogP contribution in [0.1, 0.15) is 51.6 Å². The summed E-state index contributed by atoms with van der Waals surface area (Å²) in [5.41, 5.74) is 7.10. The van der Waals surface area contributed by atoms with E-state index in [1.54, 1.807) is 36.9 Å². The molecule has 0 unspecified atom stereocenters. The number of halogens is 3. The van der Waals surface area contributed by atoms with E-state index in [9.17, 15) is 18.4 Å². The molecule has 0 saturated heterocycles. The molecule has 0 aliphatic heterocycles. The molecule has 3 rings (SSSR count). The second kappa shape index (κ2) is 10.5. The molecule has 0 aliphatic carbocycles. The average molecular weight is 505 g/mol. The van der Waals surface area contributed by atoms with Crippen LogP contribution in [-0.2, 0) is 6.54 Å². The minimum Gasteiger partial charge on any atom is -0.361 e. The molecule has 0 spiro atoms. The lowest BCUT2D eigenvalue weighted by molar-refractivity contribution is 0.0670. The second-order valence-electron chi connectivity index (χ2n) is 9.15. The molecule has 0 bridgehead atoms. The summed E-state index contributed by atoms with van der Waals surface area (Å²) < 4.78 is 32.2. The van der Waals surface area contributed by atoms with Gasteiger partial charge in [-0.15, -0.1) is 0 Å². The Morgan fingerprint density at radius 1 is 1.14 bits per heavy atom. The summed E-state index contributed by atoms with van der Waals surface area (Å²) >= 11 is 6.43. The summed E-state index contributed by atoms with van der Waals surface area (Å²) in [6, 6.07) is 7.31. The molecule has 2 aromatic carbocycles. The standard InChI is InChI=1S/C25H27ClF2N4O3/c1-14-22(15(2)35-31-14)24(34)32(13-25(3,4)12-29)11-17-9-20(5-6-21(17)26)30-23(33)16-7-18(27)10-19(28)8-16/h5-10H,11-13,29H2,1-4H3,(H,30,33). The number of hydrogen-bond donors (Lipinski definition) is 2. The van der Waals surface area contributed by atoms with Gasteiger partial charge in [0.1, 0.15) is 23.0 Å². The van der Waals surface area contributed by atoms with Gasteiger partial charge in [-0.05, 0) is 61.7 Å². The number of aryl methyl sites for hydroxylation is 2. The smallest absolute Gasteiger partial charge is 0.259 e. The molecule has 3 N–H and O–H groups in total. The van der Waals surface area contributed by atoms with Gasteiger partial charge in [-0.3, -0.25) is 9.59 Å². The van der Waals surface area contributed by atoms with Crippen molar-refractivity contribution < 1.29 is 22.9 Å². The third kappa shape index (κ3) is 6.43. The van der Waals surface area contributed by atoms with E-state index in [1.807, 2.05) is 13.8 Å². The molecule has 2 amide bonds. The number of aromatic nitrogens is 1. The first-order valence-electron chi connectivity index (χ1n) is 10.9. The Morgan fingerprint density at radius 3 is 2.37 bits per heavy atom. The van der Waals surface area contributed by atoms with Crippen LogP contribution >= 0.6 is 11.6 Å². The van der Waals surface area contributed by atoms with Gasteiger partial charge in [0.15, 0.2) is 0 Å². The number of amides is 2. The zero-order valence-corrected chi connectivity index (χ0v) is 20.7. The molecule has 186 valence electrons. The maximum absolute atomic E-state index is 13.5. The van der Waals surface area contributed by atoms with Gasteiger partial charge in [-0.25, -0.2) is 8.78 Å². The van der Waals surface area contributed by atoms with Crippen molar-refractivity contribution in [2.24, 2.45) is 11.1 Å². The number of nitrogens with one attached hydrogen (secondary N) is 1. The van der Waals surface area contributed by atoms with Gasteiger partial charge in [0.25, 0.3) is 11.8 Å². The average Bonchev–Trinajstić information content (AvgIpc) is 3.12. The lowest BCUT2D eigenvalue weighted by Gasteiger charge is -2.32. The first-order chi connectivity index (χ1) is 16.4. The van der Waals surface area contributed by atoms with Crippen molar-refractivity contribution in [2.45, 2.75) is 34.2 Å². The first kappa shape index (κ1) is 26.3. The van der Waals surface area contributed by atoms with Crippen LogP contribution in [0.25, 0.3) is 0 Å². The number of anilines is 1. The summed E-state index contributed by atoms with van der Waals surface area (Å²) in [6.45, 7) is 8.01. The Kier molecular flexibility index (Phi) is 7.92. The van der Waals surface area contributed by atoms with E-state index in [-0.39, 0.29) is 18.0 Å². The predicted octanol–water partition coefficient (Wildman–Crippen LogP) is 5.10. The number of benzene rings is 2. The lowest BCUT2D eigenvalue weighted by atomic mass is 9.92. The molecule has 3 aromatic rings. The van der Waals surface area contributed by atoms with Crippen molar-refractivity contribution in [3.8, 4) is 0 Å². The van der Waals surface area contributed by atoms with Crippen LogP contribution in [0.4, 0.5) is 14.5 Å². The molecule has 0 aliphatic rings. The molecule has 0 fully saturated rings. The fourth-order valence-electron chi connectivity index (χ4n) is 3.59. The lowest BCUT2D eigenvalue weighted by Crippen LogP contribution is -2.42. The normalized spacial score (nSPS) is 11.4. The fraction of sp³-hybridized carbons (Fsp3) is 0.320. The number of nitrogens with zero attached hydrogens (tertiary/aromatic N) is 2. The van der Waals surface area contributed by atoms with Crippen LogP contribution in [-0.4, -0.2) is 35.0 Å². The Hall–Kier alpha value is -3.30. The van der Waals surface area contributed by atoms with E-state index in [0.29, 0.717) is 52.4 Å². The van der Waals surface area contributed by atoms with Crippen LogP contribution in [0, 0.1) is 30.9 Å². The largest absolute Gasteiger partial charge is 0.361 e. The minimum absolute atomic E-state index is 0.115. The summed E-state index contributed by atoms with van der Waals surface area (Å²) in [6.07, 6.45) is 0. The van der Waals surface area contributed by atoms with Crippen LogP contribution < -0.4 is 11.1 Å². The van der Waals surface area contributed by atoms with Crippen molar-refractivity contribution in [2.75, 3.05) is 18.4 Å². The zero-order valence-electron chi connectivity index (χ0n) is 19.9. The summed E-state index contributed by atoms with van der Waals surface area (Å²) in [4.78, 5) is 27.6.